The van der Waals surface area contributed by atoms with Crippen molar-refractivity contribution in [1.82, 2.24) is 11.1 Å². The molecule has 0 aliphatic rings. The Hall–Kier alpha value is -2.37. The van der Waals surface area contributed by atoms with Crippen LogP contribution in [-0.2, 0) is 4.79 Å². The van der Waals surface area contributed by atoms with Crippen molar-refractivity contribution in [1.29, 1.82) is 0 Å². The molecule has 22 heavy (non-hydrogen) atoms. The molecule has 6 heteroatoms. The third kappa shape index (κ3) is 2.95. The highest BCUT2D eigenvalue weighted by Gasteiger charge is 2.16. The number of aliphatic carboxylic acids is 1. The van der Waals surface area contributed by atoms with Crippen LogP contribution in [0.4, 0.5) is 0 Å². The van der Waals surface area contributed by atoms with Gasteiger partial charge in [-0.1, -0.05) is 17.7 Å². The topological polar surface area (TPSA) is 98.3 Å². The number of halogens is 1. The highest BCUT2D eigenvalue weighted by atomic mass is 35.5. The van der Waals surface area contributed by atoms with Crippen LogP contribution < -0.4 is 6.15 Å². The maximum Gasteiger partial charge on any atom is 0.310 e. The van der Waals surface area contributed by atoms with E-state index in [0.717, 1.165) is 5.56 Å². The number of hydrogen-bond acceptors (Lipinski definition) is 4. The van der Waals surface area contributed by atoms with E-state index in [1.165, 1.54) is 0 Å². The van der Waals surface area contributed by atoms with E-state index in [9.17, 15) is 4.79 Å². The minimum atomic E-state index is -0.865. The summed E-state index contributed by atoms with van der Waals surface area (Å²) < 4.78 is 5.69. The fraction of sp³-hybridized carbons (Fsp3) is 0.125. The van der Waals surface area contributed by atoms with Crippen LogP contribution in [0.25, 0.3) is 22.6 Å². The number of carboxylic acids is 1. The van der Waals surface area contributed by atoms with Crippen molar-refractivity contribution in [2.45, 2.75) is 12.8 Å². The molecular formula is C16H15ClN2O3. The van der Waals surface area contributed by atoms with Gasteiger partial charge >= 0.3 is 5.97 Å². The van der Waals surface area contributed by atoms with E-state index in [1.54, 1.807) is 37.3 Å². The SMILES string of the molecule is C[C@H](C(=O)O)c1ccc2oc(-c3ccc(Cl)cc3)nc2c1.N. The number of benzene rings is 2. The minimum absolute atomic E-state index is 0. The predicted molar refractivity (Wildman–Crippen MR) is 85.5 cm³/mol. The van der Waals surface area contributed by atoms with Crippen LogP contribution in [0.1, 0.15) is 18.4 Å². The Morgan fingerprint density at radius 3 is 2.55 bits per heavy atom. The van der Waals surface area contributed by atoms with Gasteiger partial charge in [0.05, 0.1) is 5.92 Å². The van der Waals surface area contributed by atoms with Crippen LogP contribution in [0.15, 0.2) is 46.9 Å². The molecule has 0 unspecified atom stereocenters. The van der Waals surface area contributed by atoms with E-state index in [0.29, 0.717) is 27.6 Å². The number of carboxylic acid groups (broad SMARTS) is 1. The number of aromatic nitrogens is 1. The van der Waals surface area contributed by atoms with Gasteiger partial charge in [-0.3, -0.25) is 4.79 Å². The van der Waals surface area contributed by atoms with Crippen molar-refractivity contribution < 1.29 is 14.3 Å². The lowest BCUT2D eigenvalue weighted by Crippen LogP contribution is -2.06. The summed E-state index contributed by atoms with van der Waals surface area (Å²) in [4.78, 5) is 15.5. The van der Waals surface area contributed by atoms with Gasteiger partial charge in [0.25, 0.3) is 0 Å². The third-order valence-electron chi connectivity index (χ3n) is 3.37. The second-order valence-corrected chi connectivity index (χ2v) is 5.25. The number of nitrogens with zero attached hydrogens (tertiary/aromatic N) is 1. The first-order valence-corrected chi connectivity index (χ1v) is 6.81. The van der Waals surface area contributed by atoms with Crippen molar-refractivity contribution >= 4 is 28.7 Å². The summed E-state index contributed by atoms with van der Waals surface area (Å²) in [6.45, 7) is 1.64. The maximum absolute atomic E-state index is 11.0. The van der Waals surface area contributed by atoms with Crippen molar-refractivity contribution in [2.24, 2.45) is 0 Å². The van der Waals surface area contributed by atoms with Crippen LogP contribution in [-0.4, -0.2) is 16.1 Å². The number of fused-ring (bicyclic) bond motifs is 1. The first-order chi connectivity index (χ1) is 10.0. The van der Waals surface area contributed by atoms with Gasteiger partial charge < -0.3 is 15.7 Å². The molecule has 0 aliphatic carbocycles. The highest BCUT2D eigenvalue weighted by molar-refractivity contribution is 6.30. The molecule has 0 radical (unpaired) electrons. The largest absolute Gasteiger partial charge is 0.481 e. The lowest BCUT2D eigenvalue weighted by molar-refractivity contribution is -0.138. The summed E-state index contributed by atoms with van der Waals surface area (Å²) >= 11 is 5.86. The number of oxazole rings is 1. The smallest absolute Gasteiger partial charge is 0.310 e. The van der Waals surface area contributed by atoms with E-state index in [1.807, 2.05) is 12.1 Å². The number of rotatable bonds is 3. The molecule has 1 atom stereocenters. The van der Waals surface area contributed by atoms with E-state index >= 15 is 0 Å². The Labute approximate surface area is 132 Å². The van der Waals surface area contributed by atoms with Gasteiger partial charge in [0.1, 0.15) is 5.52 Å². The van der Waals surface area contributed by atoms with E-state index in [4.69, 9.17) is 21.1 Å². The fourth-order valence-electron chi connectivity index (χ4n) is 2.07. The zero-order valence-corrected chi connectivity index (χ0v) is 12.7. The molecule has 1 aromatic heterocycles. The summed E-state index contributed by atoms with van der Waals surface area (Å²) in [6, 6.07) is 12.4. The van der Waals surface area contributed by atoms with Crippen molar-refractivity contribution in [3.63, 3.8) is 0 Å². The number of carbonyl (C=O) groups is 1. The molecule has 3 aromatic rings. The van der Waals surface area contributed by atoms with Gasteiger partial charge in [0.2, 0.25) is 5.89 Å². The minimum Gasteiger partial charge on any atom is -0.481 e. The lowest BCUT2D eigenvalue weighted by atomic mass is 10.0. The van der Waals surface area contributed by atoms with Crippen LogP contribution in [0.3, 0.4) is 0 Å². The molecule has 2 aromatic carbocycles. The zero-order chi connectivity index (χ0) is 15.0. The fourth-order valence-corrected chi connectivity index (χ4v) is 2.20. The summed E-state index contributed by atoms with van der Waals surface area (Å²) in [5.41, 5.74) is 2.79. The summed E-state index contributed by atoms with van der Waals surface area (Å²) in [5.74, 6) is -0.956. The van der Waals surface area contributed by atoms with Crippen LogP contribution in [0.2, 0.25) is 5.02 Å². The quantitative estimate of drug-likeness (QED) is 0.740. The molecule has 0 saturated heterocycles. The zero-order valence-electron chi connectivity index (χ0n) is 11.9. The molecule has 0 saturated carbocycles. The Morgan fingerprint density at radius 1 is 1.23 bits per heavy atom. The molecule has 114 valence electrons. The average molecular weight is 319 g/mol. The monoisotopic (exact) mass is 318 g/mol. The van der Waals surface area contributed by atoms with E-state index in [2.05, 4.69) is 4.98 Å². The van der Waals surface area contributed by atoms with Gasteiger partial charge in [-0.05, 0) is 48.9 Å². The Morgan fingerprint density at radius 2 is 1.91 bits per heavy atom. The van der Waals surface area contributed by atoms with Crippen LogP contribution >= 0.6 is 11.6 Å². The molecular weight excluding hydrogens is 304 g/mol. The molecule has 0 aliphatic heterocycles. The second kappa shape index (κ2) is 6.17. The first kappa shape index (κ1) is 16.0. The second-order valence-electron chi connectivity index (χ2n) is 4.81. The van der Waals surface area contributed by atoms with Crippen molar-refractivity contribution in [3.05, 3.63) is 53.1 Å². The Kier molecular flexibility index (Phi) is 4.49. The average Bonchev–Trinajstić information content (AvgIpc) is 2.89. The van der Waals surface area contributed by atoms with Crippen LogP contribution in [0.5, 0.6) is 0 Å². The summed E-state index contributed by atoms with van der Waals surface area (Å²) in [5, 5.41) is 9.71. The van der Waals surface area contributed by atoms with Gasteiger partial charge in [-0.15, -0.1) is 0 Å². The van der Waals surface area contributed by atoms with Crippen molar-refractivity contribution in [2.75, 3.05) is 0 Å². The Bertz CT molecular complexity index is 812. The molecule has 4 N–H and O–H groups in total. The van der Waals surface area contributed by atoms with Gasteiger partial charge in [0, 0.05) is 10.6 Å². The lowest BCUT2D eigenvalue weighted by Gasteiger charge is -2.04. The standard InChI is InChI=1S/C16H12ClNO3.H3N/c1-9(16(19)20)11-4-7-14-13(8-11)18-15(21-14)10-2-5-12(17)6-3-10;/h2-9H,1H3,(H,19,20);1H3/t9-;/m0./s1. The van der Waals surface area contributed by atoms with Crippen LogP contribution in [0, 0.1) is 0 Å². The molecule has 5 nitrogen and oxygen atoms in total. The third-order valence-corrected chi connectivity index (χ3v) is 3.63. The first-order valence-electron chi connectivity index (χ1n) is 6.44. The molecule has 0 bridgehead atoms. The molecule has 0 spiro atoms. The Balaban J connectivity index is 0.00000176. The number of hydrogen-bond donors (Lipinski definition) is 2. The van der Waals surface area contributed by atoms with Gasteiger partial charge in [0.15, 0.2) is 5.58 Å². The normalized spacial score (nSPS) is 11.9. The molecule has 1 heterocycles. The predicted octanol–water partition coefficient (Wildman–Crippen LogP) is 4.50. The van der Waals surface area contributed by atoms with E-state index < -0.39 is 11.9 Å². The summed E-state index contributed by atoms with van der Waals surface area (Å²) in [6.07, 6.45) is 0. The highest BCUT2D eigenvalue weighted by Crippen LogP contribution is 2.27. The van der Waals surface area contributed by atoms with Gasteiger partial charge in [-0.2, -0.15) is 0 Å². The molecule has 0 fully saturated rings. The molecule has 0 amide bonds. The van der Waals surface area contributed by atoms with Crippen molar-refractivity contribution in [3.8, 4) is 11.5 Å². The van der Waals surface area contributed by atoms with E-state index in [-0.39, 0.29) is 6.15 Å². The maximum atomic E-state index is 11.0. The van der Waals surface area contributed by atoms with Gasteiger partial charge in [-0.25, -0.2) is 4.98 Å². The molecule has 3 rings (SSSR count). The summed E-state index contributed by atoms with van der Waals surface area (Å²) in [7, 11) is 0.